The van der Waals surface area contributed by atoms with Crippen molar-refractivity contribution in [1.29, 1.82) is 0 Å². The smallest absolute Gasteiger partial charge is 0.318 e. The lowest BCUT2D eigenvalue weighted by molar-refractivity contribution is -0.140. The first kappa shape index (κ1) is 16.5. The zero-order valence-electron chi connectivity index (χ0n) is 12.6. The SMILES string of the molecule is CC(=O)O/N=C1/C(=O)N(Cc2ccc(Cl)cc2)c2ccc(Cl)cc21. The van der Waals surface area contributed by atoms with E-state index in [4.69, 9.17) is 23.2 Å². The quantitative estimate of drug-likeness (QED) is 0.616. The Bertz CT molecular complexity index is 847. The zero-order valence-corrected chi connectivity index (χ0v) is 14.1. The summed E-state index contributed by atoms with van der Waals surface area (Å²) in [6.45, 7) is 1.55. The molecule has 5 nitrogen and oxygen atoms in total. The highest BCUT2D eigenvalue weighted by molar-refractivity contribution is 6.54. The van der Waals surface area contributed by atoms with Gasteiger partial charge in [0.15, 0.2) is 5.71 Å². The van der Waals surface area contributed by atoms with Crippen LogP contribution in [0.15, 0.2) is 47.6 Å². The lowest BCUT2D eigenvalue weighted by Gasteiger charge is -2.17. The molecule has 0 fully saturated rings. The molecule has 122 valence electrons. The number of nitrogens with zero attached hydrogens (tertiary/aromatic N) is 2. The van der Waals surface area contributed by atoms with Crippen molar-refractivity contribution in [3.8, 4) is 0 Å². The van der Waals surface area contributed by atoms with E-state index >= 15 is 0 Å². The van der Waals surface area contributed by atoms with E-state index in [2.05, 4.69) is 9.99 Å². The van der Waals surface area contributed by atoms with Gasteiger partial charge in [0.05, 0.1) is 12.2 Å². The monoisotopic (exact) mass is 362 g/mol. The number of fused-ring (bicyclic) bond motifs is 1. The van der Waals surface area contributed by atoms with Crippen LogP contribution in [-0.2, 0) is 21.0 Å². The number of carbonyl (C=O) groups excluding carboxylic acids is 2. The van der Waals surface area contributed by atoms with Gasteiger partial charge >= 0.3 is 5.97 Å². The fourth-order valence-electron chi connectivity index (χ4n) is 2.41. The van der Waals surface area contributed by atoms with Crippen LogP contribution >= 0.6 is 23.2 Å². The fourth-order valence-corrected chi connectivity index (χ4v) is 2.71. The summed E-state index contributed by atoms with van der Waals surface area (Å²) in [5.74, 6) is -0.960. The largest absolute Gasteiger partial charge is 0.332 e. The molecule has 0 aromatic heterocycles. The van der Waals surface area contributed by atoms with Crippen molar-refractivity contribution in [3.63, 3.8) is 0 Å². The Labute approximate surface area is 148 Å². The predicted octanol–water partition coefficient (Wildman–Crippen LogP) is 3.81. The summed E-state index contributed by atoms with van der Waals surface area (Å²) >= 11 is 11.9. The van der Waals surface area contributed by atoms with Gasteiger partial charge in [-0.25, -0.2) is 4.79 Å². The molecule has 1 aliphatic rings. The molecule has 1 heterocycles. The maximum atomic E-state index is 12.7. The van der Waals surface area contributed by atoms with Crippen LogP contribution in [0, 0.1) is 0 Å². The Balaban J connectivity index is 1.99. The van der Waals surface area contributed by atoms with Crippen molar-refractivity contribution in [3.05, 3.63) is 63.6 Å². The molecule has 0 atom stereocenters. The van der Waals surface area contributed by atoms with E-state index in [-0.39, 0.29) is 11.6 Å². The lowest BCUT2D eigenvalue weighted by Crippen LogP contribution is -2.29. The maximum Gasteiger partial charge on any atom is 0.332 e. The molecular formula is C17H12Cl2N2O3. The average molecular weight is 363 g/mol. The molecule has 1 aliphatic heterocycles. The van der Waals surface area contributed by atoms with Gasteiger partial charge in [-0.2, -0.15) is 0 Å². The molecular weight excluding hydrogens is 351 g/mol. The number of hydrogen-bond acceptors (Lipinski definition) is 4. The van der Waals surface area contributed by atoms with E-state index in [1.165, 1.54) is 6.92 Å². The van der Waals surface area contributed by atoms with Crippen molar-refractivity contribution in [2.24, 2.45) is 5.16 Å². The minimum absolute atomic E-state index is 0.0525. The summed E-state index contributed by atoms with van der Waals surface area (Å²) in [5, 5.41) is 4.77. The zero-order chi connectivity index (χ0) is 17.3. The van der Waals surface area contributed by atoms with E-state index in [1.807, 2.05) is 12.1 Å². The van der Waals surface area contributed by atoms with Crippen molar-refractivity contribution >= 4 is 46.5 Å². The number of halogens is 2. The Morgan fingerprint density at radius 3 is 2.46 bits per heavy atom. The van der Waals surface area contributed by atoms with Crippen LogP contribution in [0.25, 0.3) is 0 Å². The molecule has 2 aromatic rings. The first-order chi connectivity index (χ1) is 11.5. The van der Waals surface area contributed by atoms with Crippen LogP contribution in [-0.4, -0.2) is 17.6 Å². The minimum atomic E-state index is -0.602. The summed E-state index contributed by atoms with van der Waals surface area (Å²) in [7, 11) is 0. The van der Waals surface area contributed by atoms with Crippen LogP contribution in [0.3, 0.4) is 0 Å². The molecule has 0 aliphatic carbocycles. The summed E-state index contributed by atoms with van der Waals surface area (Å²) in [4.78, 5) is 29.9. The normalized spacial score (nSPS) is 14.9. The highest BCUT2D eigenvalue weighted by atomic mass is 35.5. The molecule has 1 amide bonds. The molecule has 0 radical (unpaired) electrons. The predicted molar refractivity (Wildman–Crippen MR) is 92.4 cm³/mol. The second-order valence-electron chi connectivity index (χ2n) is 5.20. The number of anilines is 1. The Morgan fingerprint density at radius 2 is 1.79 bits per heavy atom. The molecule has 7 heteroatoms. The number of benzene rings is 2. The number of carbonyl (C=O) groups is 2. The second kappa shape index (κ2) is 6.63. The van der Waals surface area contributed by atoms with E-state index in [1.54, 1.807) is 35.2 Å². The van der Waals surface area contributed by atoms with Crippen molar-refractivity contribution in [1.82, 2.24) is 0 Å². The molecule has 0 saturated heterocycles. The van der Waals surface area contributed by atoms with Gasteiger partial charge in [-0.3, -0.25) is 4.79 Å². The number of amides is 1. The summed E-state index contributed by atoms with van der Waals surface area (Å²) in [5.41, 5.74) is 2.15. The molecule has 2 aromatic carbocycles. The van der Waals surface area contributed by atoms with Gasteiger partial charge in [-0.15, -0.1) is 0 Å². The summed E-state index contributed by atoms with van der Waals surface area (Å²) in [6, 6.07) is 12.2. The van der Waals surface area contributed by atoms with Gasteiger partial charge in [0, 0.05) is 22.5 Å². The topological polar surface area (TPSA) is 59.0 Å². The summed E-state index contributed by atoms with van der Waals surface area (Å²) < 4.78 is 0. The van der Waals surface area contributed by atoms with Crippen LogP contribution < -0.4 is 4.90 Å². The van der Waals surface area contributed by atoms with E-state index in [0.29, 0.717) is 27.8 Å². The first-order valence-corrected chi connectivity index (χ1v) is 7.83. The third kappa shape index (κ3) is 3.27. The standard InChI is InChI=1S/C17H12Cl2N2O3/c1-10(22)24-20-16-14-8-13(19)6-7-15(14)21(17(16)23)9-11-2-4-12(18)5-3-11/h2-8H,9H2,1H3/b20-16+. The van der Waals surface area contributed by atoms with Crippen LogP contribution in [0.4, 0.5) is 5.69 Å². The van der Waals surface area contributed by atoms with Crippen molar-refractivity contribution in [2.75, 3.05) is 4.90 Å². The second-order valence-corrected chi connectivity index (χ2v) is 6.07. The van der Waals surface area contributed by atoms with Gasteiger partial charge in [0.2, 0.25) is 0 Å². The number of oxime groups is 1. The highest BCUT2D eigenvalue weighted by Crippen LogP contribution is 2.33. The molecule has 0 unspecified atom stereocenters. The van der Waals surface area contributed by atoms with Crippen LogP contribution in [0.2, 0.25) is 10.0 Å². The molecule has 24 heavy (non-hydrogen) atoms. The maximum absolute atomic E-state index is 12.7. The van der Waals surface area contributed by atoms with Crippen LogP contribution in [0.5, 0.6) is 0 Å². The Morgan fingerprint density at radius 1 is 1.12 bits per heavy atom. The first-order valence-electron chi connectivity index (χ1n) is 7.07. The van der Waals surface area contributed by atoms with E-state index in [0.717, 1.165) is 5.56 Å². The van der Waals surface area contributed by atoms with E-state index < -0.39 is 5.97 Å². The fraction of sp³-hybridized carbons (Fsp3) is 0.118. The van der Waals surface area contributed by atoms with Gasteiger partial charge in [-0.1, -0.05) is 40.5 Å². The Kier molecular flexibility index (Phi) is 4.55. The van der Waals surface area contributed by atoms with Crippen molar-refractivity contribution in [2.45, 2.75) is 13.5 Å². The van der Waals surface area contributed by atoms with E-state index in [9.17, 15) is 9.59 Å². The van der Waals surface area contributed by atoms with Crippen molar-refractivity contribution < 1.29 is 14.4 Å². The third-order valence-corrected chi connectivity index (χ3v) is 3.96. The van der Waals surface area contributed by atoms with Gasteiger partial charge in [0.25, 0.3) is 5.91 Å². The molecule has 0 bridgehead atoms. The number of hydrogen-bond donors (Lipinski definition) is 0. The van der Waals surface area contributed by atoms with Crippen LogP contribution in [0.1, 0.15) is 18.1 Å². The minimum Gasteiger partial charge on any atom is -0.318 e. The van der Waals surface area contributed by atoms with Gasteiger partial charge < -0.3 is 9.74 Å². The molecule has 0 N–H and O–H groups in total. The molecule has 3 rings (SSSR count). The third-order valence-electron chi connectivity index (χ3n) is 3.47. The highest BCUT2D eigenvalue weighted by Gasteiger charge is 2.35. The van der Waals surface area contributed by atoms with Gasteiger partial charge in [-0.05, 0) is 35.9 Å². The molecule has 0 spiro atoms. The molecule has 0 saturated carbocycles. The lowest BCUT2D eigenvalue weighted by atomic mass is 10.1. The average Bonchev–Trinajstić information content (AvgIpc) is 2.79. The van der Waals surface area contributed by atoms with Gasteiger partial charge in [0.1, 0.15) is 0 Å². The Hall–Kier alpha value is -2.37. The number of rotatable bonds is 3. The summed E-state index contributed by atoms with van der Waals surface area (Å²) in [6.07, 6.45) is 0.